The van der Waals surface area contributed by atoms with Crippen molar-refractivity contribution in [3.8, 4) is 6.07 Å². The number of amides is 1. The van der Waals surface area contributed by atoms with Crippen LogP contribution in [0.2, 0.25) is 0 Å². The third-order valence-corrected chi connectivity index (χ3v) is 4.62. The van der Waals surface area contributed by atoms with Crippen LogP contribution in [0.4, 0.5) is 13.2 Å². The summed E-state index contributed by atoms with van der Waals surface area (Å²) in [6.07, 6.45) is -3.94. The van der Waals surface area contributed by atoms with Crippen molar-refractivity contribution in [1.29, 1.82) is 5.26 Å². The monoisotopic (exact) mass is 359 g/mol. The van der Waals surface area contributed by atoms with Crippen LogP contribution in [-0.4, -0.2) is 21.7 Å². The summed E-state index contributed by atoms with van der Waals surface area (Å²) < 4.78 is 39.3. The third-order valence-electron chi connectivity index (χ3n) is 3.53. The Morgan fingerprint density at radius 3 is 2.50 bits per heavy atom. The standard InChI is InChI=1S/C16H20F3N3OS/c1-6-15(4,5)22-13(23)10(3)24-14-11(8-20)12(16(17,18)19)7-9(2)21-14/h7,10H,6H2,1-5H3,(H,22,23). The molecule has 0 aliphatic heterocycles. The van der Waals surface area contributed by atoms with E-state index >= 15 is 0 Å². The van der Waals surface area contributed by atoms with Gasteiger partial charge in [0.25, 0.3) is 0 Å². The number of rotatable bonds is 5. The molecule has 1 amide bonds. The quantitative estimate of drug-likeness (QED) is 0.805. The Morgan fingerprint density at radius 1 is 1.46 bits per heavy atom. The van der Waals surface area contributed by atoms with Gasteiger partial charge in [0.15, 0.2) is 0 Å². The Morgan fingerprint density at radius 2 is 2.04 bits per heavy atom. The van der Waals surface area contributed by atoms with Crippen molar-refractivity contribution in [2.24, 2.45) is 0 Å². The first kappa shape index (κ1) is 20.3. The molecule has 0 aliphatic rings. The zero-order valence-corrected chi connectivity index (χ0v) is 15.0. The zero-order chi connectivity index (χ0) is 18.7. The number of carbonyl (C=O) groups excluding carboxylic acids is 1. The highest BCUT2D eigenvalue weighted by Crippen LogP contribution is 2.36. The molecule has 0 saturated carbocycles. The maximum absolute atomic E-state index is 13.1. The van der Waals surface area contributed by atoms with Crippen LogP contribution in [-0.2, 0) is 11.0 Å². The van der Waals surface area contributed by atoms with Crippen LogP contribution in [0, 0.1) is 18.3 Å². The Bertz CT molecular complexity index is 666. The predicted molar refractivity (Wildman–Crippen MR) is 86.5 cm³/mol. The van der Waals surface area contributed by atoms with Gasteiger partial charge in [0.05, 0.1) is 16.4 Å². The van der Waals surface area contributed by atoms with Gasteiger partial charge >= 0.3 is 6.18 Å². The van der Waals surface area contributed by atoms with Gasteiger partial charge < -0.3 is 5.32 Å². The molecule has 1 aromatic heterocycles. The van der Waals surface area contributed by atoms with Crippen LogP contribution in [0.25, 0.3) is 0 Å². The summed E-state index contributed by atoms with van der Waals surface area (Å²) in [7, 11) is 0. The number of carbonyl (C=O) groups is 1. The topological polar surface area (TPSA) is 65.8 Å². The van der Waals surface area contributed by atoms with Crippen molar-refractivity contribution in [3.63, 3.8) is 0 Å². The Kier molecular flexibility index (Phi) is 6.28. The fourth-order valence-electron chi connectivity index (χ4n) is 1.81. The lowest BCUT2D eigenvalue weighted by atomic mass is 10.0. The summed E-state index contributed by atoms with van der Waals surface area (Å²) in [5, 5.41) is 11.2. The number of nitrogens with zero attached hydrogens (tertiary/aromatic N) is 2. The van der Waals surface area contributed by atoms with E-state index in [-0.39, 0.29) is 16.6 Å². The van der Waals surface area contributed by atoms with Gasteiger partial charge in [0, 0.05) is 11.2 Å². The number of nitriles is 1. The summed E-state index contributed by atoms with van der Waals surface area (Å²) in [5.74, 6) is -0.312. The largest absolute Gasteiger partial charge is 0.417 e. The molecule has 4 nitrogen and oxygen atoms in total. The number of aryl methyl sites for hydroxylation is 1. The van der Waals surface area contributed by atoms with Crippen molar-refractivity contribution in [2.45, 2.75) is 63.0 Å². The number of alkyl halides is 3. The van der Waals surface area contributed by atoms with E-state index in [1.807, 2.05) is 20.8 Å². The molecule has 0 aliphatic carbocycles. The molecule has 0 radical (unpaired) electrons. The van der Waals surface area contributed by atoms with Gasteiger partial charge in [-0.25, -0.2) is 4.98 Å². The molecule has 1 atom stereocenters. The molecular weight excluding hydrogens is 339 g/mol. The minimum absolute atomic E-state index is 0.0817. The van der Waals surface area contributed by atoms with E-state index in [0.717, 1.165) is 17.8 Å². The highest BCUT2D eigenvalue weighted by molar-refractivity contribution is 8.00. The van der Waals surface area contributed by atoms with Crippen LogP contribution < -0.4 is 5.32 Å². The molecule has 24 heavy (non-hydrogen) atoms. The molecule has 1 aromatic rings. The number of aromatic nitrogens is 1. The molecule has 0 spiro atoms. The van der Waals surface area contributed by atoms with E-state index in [9.17, 15) is 18.0 Å². The smallest absolute Gasteiger partial charge is 0.350 e. The molecule has 1 rings (SSSR count). The highest BCUT2D eigenvalue weighted by atomic mass is 32.2. The molecule has 1 heterocycles. The summed E-state index contributed by atoms with van der Waals surface area (Å²) in [6.45, 7) is 8.63. The number of hydrogen-bond donors (Lipinski definition) is 1. The van der Waals surface area contributed by atoms with Crippen molar-refractivity contribution >= 4 is 17.7 Å². The maximum atomic E-state index is 13.1. The lowest BCUT2D eigenvalue weighted by Gasteiger charge is -2.26. The van der Waals surface area contributed by atoms with E-state index in [4.69, 9.17) is 5.26 Å². The van der Waals surface area contributed by atoms with Crippen molar-refractivity contribution in [3.05, 3.63) is 22.9 Å². The zero-order valence-electron chi connectivity index (χ0n) is 14.2. The van der Waals surface area contributed by atoms with Crippen molar-refractivity contribution in [1.82, 2.24) is 10.3 Å². The number of nitrogens with one attached hydrogen (secondary N) is 1. The fraction of sp³-hybridized carbons (Fsp3) is 0.562. The van der Waals surface area contributed by atoms with Gasteiger partial charge in [-0.05, 0) is 40.2 Å². The van der Waals surface area contributed by atoms with Gasteiger partial charge in [-0.15, -0.1) is 0 Å². The summed E-state index contributed by atoms with van der Waals surface area (Å²) in [5.41, 5.74) is -1.85. The highest BCUT2D eigenvalue weighted by Gasteiger charge is 2.36. The first-order valence-corrected chi connectivity index (χ1v) is 8.27. The van der Waals surface area contributed by atoms with Crippen LogP contribution in [0.1, 0.15) is 50.9 Å². The lowest BCUT2D eigenvalue weighted by molar-refractivity contribution is -0.138. The maximum Gasteiger partial charge on any atom is 0.417 e. The molecule has 8 heteroatoms. The lowest BCUT2D eigenvalue weighted by Crippen LogP contribution is -2.46. The Labute approximate surface area is 143 Å². The van der Waals surface area contributed by atoms with Crippen LogP contribution >= 0.6 is 11.8 Å². The van der Waals surface area contributed by atoms with Gasteiger partial charge in [0.1, 0.15) is 11.1 Å². The Balaban J connectivity index is 3.14. The fourth-order valence-corrected chi connectivity index (χ4v) is 2.78. The number of halogens is 3. The molecule has 132 valence electrons. The number of thioether (sulfide) groups is 1. The second kappa shape index (κ2) is 7.43. The first-order valence-electron chi connectivity index (χ1n) is 7.39. The van der Waals surface area contributed by atoms with Crippen molar-refractivity contribution in [2.75, 3.05) is 0 Å². The van der Waals surface area contributed by atoms with Crippen molar-refractivity contribution < 1.29 is 18.0 Å². The van der Waals surface area contributed by atoms with E-state index in [0.29, 0.717) is 6.42 Å². The molecule has 0 bridgehead atoms. The molecule has 0 fully saturated rings. The van der Waals surface area contributed by atoms with E-state index in [1.54, 1.807) is 13.0 Å². The predicted octanol–water partition coefficient (Wildman–Crippen LogP) is 4.07. The van der Waals surface area contributed by atoms with Gasteiger partial charge in [-0.1, -0.05) is 18.7 Å². The Hall–Kier alpha value is -1.75. The van der Waals surface area contributed by atoms with Gasteiger partial charge in [-0.2, -0.15) is 18.4 Å². The average Bonchev–Trinajstić information content (AvgIpc) is 2.45. The summed E-state index contributed by atoms with van der Waals surface area (Å²) >= 11 is 0.853. The minimum atomic E-state index is -4.65. The molecular formula is C16H20F3N3OS. The van der Waals surface area contributed by atoms with E-state index in [2.05, 4.69) is 10.3 Å². The second-order valence-corrected chi connectivity index (χ2v) is 7.42. The molecule has 0 aromatic carbocycles. The minimum Gasteiger partial charge on any atom is -0.350 e. The number of pyridine rings is 1. The van der Waals surface area contributed by atoms with E-state index in [1.165, 1.54) is 6.92 Å². The number of hydrogen-bond acceptors (Lipinski definition) is 4. The van der Waals surface area contributed by atoms with Gasteiger partial charge in [0.2, 0.25) is 5.91 Å². The van der Waals surface area contributed by atoms with Crippen LogP contribution in [0.5, 0.6) is 0 Å². The van der Waals surface area contributed by atoms with Crippen LogP contribution in [0.15, 0.2) is 11.1 Å². The molecule has 1 unspecified atom stereocenters. The third kappa shape index (κ3) is 5.13. The normalized spacial score (nSPS) is 13.3. The van der Waals surface area contributed by atoms with E-state index < -0.39 is 28.1 Å². The second-order valence-electron chi connectivity index (χ2n) is 6.09. The summed E-state index contributed by atoms with van der Waals surface area (Å²) in [4.78, 5) is 16.2. The van der Waals surface area contributed by atoms with Crippen LogP contribution in [0.3, 0.4) is 0 Å². The first-order chi connectivity index (χ1) is 10.9. The van der Waals surface area contributed by atoms with Gasteiger partial charge in [-0.3, -0.25) is 4.79 Å². The summed E-state index contributed by atoms with van der Waals surface area (Å²) in [6, 6.07) is 2.41. The molecule has 1 N–H and O–H groups in total. The molecule has 0 saturated heterocycles. The average molecular weight is 359 g/mol. The SMILES string of the molecule is CCC(C)(C)NC(=O)C(C)Sc1nc(C)cc(C(F)(F)F)c1C#N.